The quantitative estimate of drug-likeness (QED) is 0.0861. The molecule has 2 aliphatic rings. The third-order valence-corrected chi connectivity index (χ3v) is 7.89. The monoisotopic (exact) mass is 494 g/mol. The van der Waals surface area contributed by atoms with Gasteiger partial charge in [-0.1, -0.05) is 117 Å². The average molecular weight is 495 g/mol. The van der Waals surface area contributed by atoms with Crippen LogP contribution in [0.4, 0.5) is 0 Å². The van der Waals surface area contributed by atoms with E-state index in [1.807, 2.05) is 0 Å². The Hall–Kier alpha value is -1.10. The molecule has 1 aliphatic heterocycles. The molecule has 0 bridgehead atoms. The third-order valence-electron chi connectivity index (χ3n) is 7.89. The van der Waals surface area contributed by atoms with Gasteiger partial charge >= 0.3 is 11.9 Å². The van der Waals surface area contributed by atoms with E-state index in [2.05, 4.69) is 13.8 Å². The smallest absolute Gasteiger partial charge is 0.342 e. The zero-order chi connectivity index (χ0) is 25.2. The highest BCUT2D eigenvalue weighted by atomic mass is 16.7. The van der Waals surface area contributed by atoms with Crippen molar-refractivity contribution >= 4 is 11.9 Å². The van der Waals surface area contributed by atoms with Gasteiger partial charge in [-0.3, -0.25) is 0 Å². The van der Waals surface area contributed by atoms with Crippen LogP contribution in [0.3, 0.4) is 0 Å². The fourth-order valence-corrected chi connectivity index (χ4v) is 5.53. The first-order valence-electron chi connectivity index (χ1n) is 15.2. The maximum absolute atomic E-state index is 12.9. The zero-order valence-corrected chi connectivity index (χ0v) is 23.0. The molecule has 1 heterocycles. The van der Waals surface area contributed by atoms with Crippen molar-refractivity contribution in [1.82, 2.24) is 0 Å². The highest BCUT2D eigenvalue weighted by molar-refractivity contribution is 5.98. The molecule has 0 amide bonds. The lowest BCUT2D eigenvalue weighted by atomic mass is 9.79. The molecule has 2 rings (SSSR count). The van der Waals surface area contributed by atoms with Gasteiger partial charge in [0.05, 0.1) is 13.2 Å². The van der Waals surface area contributed by atoms with Crippen molar-refractivity contribution in [3.8, 4) is 0 Å². The van der Waals surface area contributed by atoms with Crippen LogP contribution in [0.25, 0.3) is 0 Å². The molecule has 2 unspecified atom stereocenters. The van der Waals surface area contributed by atoms with Crippen molar-refractivity contribution in [2.75, 3.05) is 13.2 Å². The molecular weight excluding hydrogens is 440 g/mol. The minimum Gasteiger partial charge on any atom is -0.463 e. The SMILES string of the molecule is CCCCCCCCCCCOC(=O)C12CCCCC1(C(=O)OCCCCCCCCCCC)O2. The van der Waals surface area contributed by atoms with Crippen molar-refractivity contribution in [2.45, 2.75) is 166 Å². The van der Waals surface area contributed by atoms with Crippen LogP contribution in [0.15, 0.2) is 0 Å². The van der Waals surface area contributed by atoms with Crippen LogP contribution in [0.2, 0.25) is 0 Å². The van der Waals surface area contributed by atoms with Crippen LogP contribution < -0.4 is 0 Å². The lowest BCUT2D eigenvalue weighted by molar-refractivity contribution is -0.155. The van der Waals surface area contributed by atoms with E-state index in [-0.39, 0.29) is 11.9 Å². The number of ether oxygens (including phenoxy) is 3. The van der Waals surface area contributed by atoms with Crippen LogP contribution in [0.5, 0.6) is 0 Å². The van der Waals surface area contributed by atoms with E-state index in [1.165, 1.54) is 89.9 Å². The molecule has 35 heavy (non-hydrogen) atoms. The van der Waals surface area contributed by atoms with Crippen LogP contribution >= 0.6 is 0 Å². The summed E-state index contributed by atoms with van der Waals surface area (Å²) in [6, 6.07) is 0. The normalized spacial score (nSPS) is 23.0. The summed E-state index contributed by atoms with van der Waals surface area (Å²) in [6.45, 7) is 5.33. The maximum Gasteiger partial charge on any atom is 0.342 e. The Labute approximate surface area is 215 Å². The minimum atomic E-state index is -1.08. The molecule has 0 aromatic carbocycles. The largest absolute Gasteiger partial charge is 0.463 e. The van der Waals surface area contributed by atoms with Gasteiger partial charge in [0.25, 0.3) is 0 Å². The van der Waals surface area contributed by atoms with E-state index in [0.29, 0.717) is 26.1 Å². The van der Waals surface area contributed by atoms with Crippen LogP contribution in [0, 0.1) is 0 Å². The van der Waals surface area contributed by atoms with E-state index < -0.39 is 11.2 Å². The highest BCUT2D eigenvalue weighted by Gasteiger charge is 2.81. The van der Waals surface area contributed by atoms with Gasteiger partial charge in [0, 0.05) is 0 Å². The van der Waals surface area contributed by atoms with Gasteiger partial charge in [-0.25, -0.2) is 9.59 Å². The Kier molecular flexibility index (Phi) is 15.0. The Morgan fingerprint density at radius 2 is 0.857 bits per heavy atom. The lowest BCUT2D eigenvalue weighted by Crippen LogP contribution is -2.44. The Bertz CT molecular complexity index is 541. The van der Waals surface area contributed by atoms with E-state index in [9.17, 15) is 9.59 Å². The number of esters is 2. The number of fused-ring (bicyclic) bond motifs is 1. The highest BCUT2D eigenvalue weighted by Crippen LogP contribution is 2.59. The number of epoxide rings is 1. The summed E-state index contributed by atoms with van der Waals surface area (Å²) in [5, 5.41) is 0. The Morgan fingerprint density at radius 3 is 1.20 bits per heavy atom. The second-order valence-corrected chi connectivity index (χ2v) is 10.9. The third kappa shape index (κ3) is 9.70. The molecule has 0 radical (unpaired) electrons. The zero-order valence-electron chi connectivity index (χ0n) is 23.0. The summed E-state index contributed by atoms with van der Waals surface area (Å²) < 4.78 is 17.1. The van der Waals surface area contributed by atoms with Gasteiger partial charge in [0.15, 0.2) is 0 Å². The number of hydrogen-bond acceptors (Lipinski definition) is 5. The Morgan fingerprint density at radius 1 is 0.543 bits per heavy atom. The molecule has 1 saturated carbocycles. The lowest BCUT2D eigenvalue weighted by Gasteiger charge is -2.22. The van der Waals surface area contributed by atoms with Gasteiger partial charge in [0.2, 0.25) is 11.2 Å². The van der Waals surface area contributed by atoms with Crippen molar-refractivity contribution < 1.29 is 23.8 Å². The Balaban J connectivity index is 1.58. The van der Waals surface area contributed by atoms with Gasteiger partial charge in [-0.05, 0) is 38.5 Å². The molecule has 1 saturated heterocycles. The molecule has 5 nitrogen and oxygen atoms in total. The van der Waals surface area contributed by atoms with Crippen LogP contribution in [-0.4, -0.2) is 36.4 Å². The van der Waals surface area contributed by atoms with Gasteiger partial charge < -0.3 is 14.2 Å². The second-order valence-electron chi connectivity index (χ2n) is 10.9. The van der Waals surface area contributed by atoms with Gasteiger partial charge in [0.1, 0.15) is 0 Å². The first kappa shape index (κ1) is 30.1. The fourth-order valence-electron chi connectivity index (χ4n) is 5.53. The number of rotatable bonds is 22. The van der Waals surface area contributed by atoms with Crippen LogP contribution in [-0.2, 0) is 23.8 Å². The molecule has 2 atom stereocenters. The number of unbranched alkanes of at least 4 members (excludes halogenated alkanes) is 16. The first-order chi connectivity index (χ1) is 17.1. The predicted molar refractivity (Wildman–Crippen MR) is 141 cm³/mol. The van der Waals surface area contributed by atoms with Crippen molar-refractivity contribution in [2.24, 2.45) is 0 Å². The van der Waals surface area contributed by atoms with Crippen molar-refractivity contribution in [3.05, 3.63) is 0 Å². The van der Waals surface area contributed by atoms with Gasteiger partial charge in [-0.15, -0.1) is 0 Å². The molecule has 0 aromatic rings. The maximum atomic E-state index is 12.9. The molecule has 0 aromatic heterocycles. The van der Waals surface area contributed by atoms with Crippen molar-refractivity contribution in [3.63, 3.8) is 0 Å². The van der Waals surface area contributed by atoms with E-state index in [4.69, 9.17) is 14.2 Å². The summed E-state index contributed by atoms with van der Waals surface area (Å²) in [7, 11) is 0. The fraction of sp³-hybridized carbons (Fsp3) is 0.933. The molecule has 0 N–H and O–H groups in total. The summed E-state index contributed by atoms with van der Waals surface area (Å²) in [5.41, 5.74) is -2.17. The molecule has 1 aliphatic carbocycles. The summed E-state index contributed by atoms with van der Waals surface area (Å²) in [5.74, 6) is -0.700. The molecule has 0 spiro atoms. The topological polar surface area (TPSA) is 65.1 Å². The van der Waals surface area contributed by atoms with E-state index >= 15 is 0 Å². The molecule has 204 valence electrons. The summed E-state index contributed by atoms with van der Waals surface area (Å²) in [4.78, 5) is 25.8. The minimum absolute atomic E-state index is 0.350. The molecule has 5 heteroatoms. The van der Waals surface area contributed by atoms with Crippen LogP contribution in [0.1, 0.15) is 155 Å². The van der Waals surface area contributed by atoms with Crippen molar-refractivity contribution in [1.29, 1.82) is 0 Å². The average Bonchev–Trinajstić information content (AvgIpc) is 3.58. The van der Waals surface area contributed by atoms with Gasteiger partial charge in [-0.2, -0.15) is 0 Å². The second kappa shape index (κ2) is 17.4. The summed E-state index contributed by atoms with van der Waals surface area (Å²) in [6.07, 6.45) is 25.0. The molecular formula is C30H54O5. The number of carbonyl (C=O) groups excluding carboxylic acids is 2. The first-order valence-corrected chi connectivity index (χ1v) is 15.2. The number of hydrogen-bond donors (Lipinski definition) is 0. The van der Waals surface area contributed by atoms with E-state index in [1.54, 1.807) is 0 Å². The molecule has 2 fully saturated rings. The predicted octanol–water partition coefficient (Wildman–Crippen LogP) is 8.22. The number of carbonyl (C=O) groups is 2. The standard InChI is InChI=1S/C30H54O5/c1-3-5-7-9-11-13-15-17-21-25-33-27(31)29-23-19-20-24-30(29,35-29)28(32)34-26-22-18-16-14-12-10-8-6-4-2/h3-26H2,1-2H3. The summed E-state index contributed by atoms with van der Waals surface area (Å²) >= 11 is 0. The van der Waals surface area contributed by atoms with E-state index in [0.717, 1.165) is 38.5 Å².